The van der Waals surface area contributed by atoms with Crippen LogP contribution < -0.4 is 15.1 Å². The van der Waals surface area contributed by atoms with E-state index in [2.05, 4.69) is 26.2 Å². The van der Waals surface area contributed by atoms with Gasteiger partial charge in [0.05, 0.1) is 17.4 Å². The fourth-order valence-corrected chi connectivity index (χ4v) is 3.30. The van der Waals surface area contributed by atoms with Crippen LogP contribution in [0.1, 0.15) is 10.4 Å². The second-order valence-corrected chi connectivity index (χ2v) is 7.38. The fourth-order valence-electron chi connectivity index (χ4n) is 3.12. The van der Waals surface area contributed by atoms with Gasteiger partial charge in [-0.25, -0.2) is 0 Å². The van der Waals surface area contributed by atoms with Gasteiger partial charge in [-0.3, -0.25) is 9.78 Å². The summed E-state index contributed by atoms with van der Waals surface area (Å²) in [5, 5.41) is 3.69. The number of amides is 1. The number of carbonyl (C=O) groups excluding carboxylic acids is 1. The van der Waals surface area contributed by atoms with E-state index in [4.69, 9.17) is 11.6 Å². The molecule has 1 saturated heterocycles. The van der Waals surface area contributed by atoms with Crippen molar-refractivity contribution in [3.63, 3.8) is 0 Å². The van der Waals surface area contributed by atoms with Gasteiger partial charge in [0.1, 0.15) is 0 Å². The van der Waals surface area contributed by atoms with E-state index in [0.29, 0.717) is 12.1 Å². The number of benzene rings is 1. The van der Waals surface area contributed by atoms with Gasteiger partial charge in [0.25, 0.3) is 5.91 Å². The van der Waals surface area contributed by atoms with Crippen molar-refractivity contribution in [3.8, 4) is 0 Å². The lowest BCUT2D eigenvalue weighted by molar-refractivity contribution is 0.0950. The van der Waals surface area contributed by atoms with Crippen molar-refractivity contribution in [3.05, 3.63) is 53.3 Å². The fraction of sp³-hybridized carbons (Fsp3) is 0.400. The van der Waals surface area contributed by atoms with E-state index in [9.17, 15) is 4.79 Å². The van der Waals surface area contributed by atoms with E-state index in [1.165, 1.54) is 0 Å². The van der Waals surface area contributed by atoms with Crippen molar-refractivity contribution in [2.24, 2.45) is 0 Å². The maximum absolute atomic E-state index is 12.3. The van der Waals surface area contributed by atoms with Crippen LogP contribution in [0.4, 0.5) is 11.4 Å². The van der Waals surface area contributed by atoms with Crippen LogP contribution in [-0.2, 0) is 0 Å². The van der Waals surface area contributed by atoms with E-state index >= 15 is 0 Å². The minimum absolute atomic E-state index is 0.0798. The first-order chi connectivity index (χ1) is 13.0. The van der Waals surface area contributed by atoms with Crippen molar-refractivity contribution in [1.82, 2.24) is 15.2 Å². The highest BCUT2D eigenvalue weighted by Gasteiger charge is 2.19. The molecule has 0 radical (unpaired) electrons. The molecule has 6 nitrogen and oxygen atoms in total. The first-order valence-electron chi connectivity index (χ1n) is 9.16. The lowest BCUT2D eigenvalue weighted by Crippen LogP contribution is -2.46. The van der Waals surface area contributed by atoms with Gasteiger partial charge < -0.3 is 20.0 Å². The van der Waals surface area contributed by atoms with Crippen LogP contribution in [-0.4, -0.2) is 69.2 Å². The van der Waals surface area contributed by atoms with Gasteiger partial charge in [-0.15, -0.1) is 0 Å². The van der Waals surface area contributed by atoms with Gasteiger partial charge in [0, 0.05) is 56.2 Å². The molecular weight excluding hydrogens is 362 g/mol. The molecule has 1 aliphatic rings. The molecular formula is C20H26ClN5O. The zero-order valence-corrected chi connectivity index (χ0v) is 16.6. The summed E-state index contributed by atoms with van der Waals surface area (Å²) < 4.78 is 0. The summed E-state index contributed by atoms with van der Waals surface area (Å²) in [6.07, 6.45) is 3.45. The van der Waals surface area contributed by atoms with Crippen LogP contribution in [0.2, 0.25) is 5.02 Å². The molecule has 0 bridgehead atoms. The zero-order chi connectivity index (χ0) is 19.2. The number of pyridine rings is 1. The third kappa shape index (κ3) is 5.34. The lowest BCUT2D eigenvalue weighted by Gasteiger charge is -2.37. The summed E-state index contributed by atoms with van der Waals surface area (Å²) in [6.45, 7) is 4.98. The number of likely N-dealkylation sites (N-methyl/N-ethyl adjacent to an activating group) is 1. The van der Waals surface area contributed by atoms with Gasteiger partial charge >= 0.3 is 0 Å². The third-order valence-corrected chi connectivity index (χ3v) is 4.88. The Labute approximate surface area is 165 Å². The number of hydrogen-bond acceptors (Lipinski definition) is 5. The largest absolute Gasteiger partial charge is 0.368 e. The second kappa shape index (κ2) is 9.06. The molecule has 0 aliphatic carbocycles. The second-order valence-electron chi connectivity index (χ2n) is 6.94. The van der Waals surface area contributed by atoms with Crippen LogP contribution in [0.15, 0.2) is 42.7 Å². The third-order valence-electron chi connectivity index (χ3n) is 4.65. The Morgan fingerprint density at radius 1 is 1.11 bits per heavy atom. The SMILES string of the molecule is CN(C)CCNC(=O)c1cncc(N2CCN(c3cccc(Cl)c3)CC2)c1. The Morgan fingerprint density at radius 2 is 1.81 bits per heavy atom. The van der Waals surface area contributed by atoms with E-state index in [1.807, 2.05) is 49.5 Å². The highest BCUT2D eigenvalue weighted by molar-refractivity contribution is 6.30. The monoisotopic (exact) mass is 387 g/mol. The average molecular weight is 388 g/mol. The predicted molar refractivity (Wildman–Crippen MR) is 111 cm³/mol. The van der Waals surface area contributed by atoms with Gasteiger partial charge in [-0.05, 0) is 38.4 Å². The van der Waals surface area contributed by atoms with Crippen molar-refractivity contribution < 1.29 is 4.79 Å². The van der Waals surface area contributed by atoms with Crippen LogP contribution in [0, 0.1) is 0 Å². The number of rotatable bonds is 6. The molecule has 1 N–H and O–H groups in total. The Morgan fingerprint density at radius 3 is 2.48 bits per heavy atom. The number of halogens is 1. The number of aromatic nitrogens is 1. The summed E-state index contributed by atoms with van der Waals surface area (Å²) in [4.78, 5) is 23.2. The van der Waals surface area contributed by atoms with Crippen molar-refractivity contribution >= 4 is 28.9 Å². The number of piperazine rings is 1. The van der Waals surface area contributed by atoms with Crippen LogP contribution >= 0.6 is 11.6 Å². The normalized spacial score (nSPS) is 14.5. The van der Waals surface area contributed by atoms with Crippen molar-refractivity contribution in [2.45, 2.75) is 0 Å². The van der Waals surface area contributed by atoms with Gasteiger partial charge in [-0.2, -0.15) is 0 Å². The quantitative estimate of drug-likeness (QED) is 0.824. The Hall–Kier alpha value is -2.31. The molecule has 0 spiro atoms. The highest BCUT2D eigenvalue weighted by Crippen LogP contribution is 2.23. The number of nitrogens with zero attached hydrogens (tertiary/aromatic N) is 4. The van der Waals surface area contributed by atoms with Gasteiger partial charge in [0.2, 0.25) is 0 Å². The van der Waals surface area contributed by atoms with E-state index < -0.39 is 0 Å². The first kappa shape index (κ1) is 19.5. The first-order valence-corrected chi connectivity index (χ1v) is 9.54. The molecule has 2 heterocycles. The summed E-state index contributed by atoms with van der Waals surface area (Å²) >= 11 is 6.10. The maximum Gasteiger partial charge on any atom is 0.252 e. The van der Waals surface area contributed by atoms with Gasteiger partial charge in [-0.1, -0.05) is 17.7 Å². The summed E-state index contributed by atoms with van der Waals surface area (Å²) in [5.41, 5.74) is 2.74. The molecule has 1 amide bonds. The minimum Gasteiger partial charge on any atom is -0.368 e. The maximum atomic E-state index is 12.3. The van der Waals surface area contributed by atoms with Crippen LogP contribution in [0.3, 0.4) is 0 Å². The highest BCUT2D eigenvalue weighted by atomic mass is 35.5. The molecule has 0 saturated carbocycles. The standard InChI is InChI=1S/C20H26ClN5O/c1-24(2)7-6-23-20(27)16-12-19(15-22-14-16)26-10-8-25(9-11-26)18-5-3-4-17(21)13-18/h3-5,12-15H,6-11H2,1-2H3,(H,23,27). The molecule has 144 valence electrons. The van der Waals surface area contributed by atoms with E-state index in [1.54, 1.807) is 6.20 Å². The average Bonchev–Trinajstić information content (AvgIpc) is 2.68. The van der Waals surface area contributed by atoms with Crippen LogP contribution in [0.25, 0.3) is 0 Å². The number of carbonyl (C=O) groups is 1. The zero-order valence-electron chi connectivity index (χ0n) is 15.9. The smallest absolute Gasteiger partial charge is 0.252 e. The molecule has 2 aromatic rings. The predicted octanol–water partition coefficient (Wildman–Crippen LogP) is 2.35. The van der Waals surface area contributed by atoms with Gasteiger partial charge in [0.15, 0.2) is 0 Å². The van der Waals surface area contributed by atoms with Crippen molar-refractivity contribution in [2.75, 3.05) is 63.2 Å². The Bertz CT molecular complexity index is 774. The lowest BCUT2D eigenvalue weighted by atomic mass is 10.2. The molecule has 0 atom stereocenters. The minimum atomic E-state index is -0.0798. The molecule has 1 aromatic carbocycles. The number of anilines is 2. The molecule has 3 rings (SSSR count). The molecule has 0 unspecified atom stereocenters. The summed E-state index contributed by atoms with van der Waals surface area (Å²) in [7, 11) is 3.97. The summed E-state index contributed by atoms with van der Waals surface area (Å²) in [5.74, 6) is -0.0798. The van der Waals surface area contributed by atoms with Crippen molar-refractivity contribution in [1.29, 1.82) is 0 Å². The van der Waals surface area contributed by atoms with Crippen LogP contribution in [0.5, 0.6) is 0 Å². The van der Waals surface area contributed by atoms with E-state index in [0.717, 1.165) is 49.1 Å². The number of nitrogens with one attached hydrogen (secondary N) is 1. The molecule has 1 aromatic heterocycles. The topological polar surface area (TPSA) is 51.7 Å². The number of hydrogen-bond donors (Lipinski definition) is 1. The van der Waals surface area contributed by atoms with E-state index in [-0.39, 0.29) is 5.91 Å². The molecule has 1 aliphatic heterocycles. The Balaban J connectivity index is 1.59. The molecule has 27 heavy (non-hydrogen) atoms. The summed E-state index contributed by atoms with van der Waals surface area (Å²) in [6, 6.07) is 9.88. The molecule has 1 fully saturated rings. The molecule has 7 heteroatoms. The Kier molecular flexibility index (Phi) is 6.53.